The monoisotopic (exact) mass is 252 g/mol. The van der Waals surface area contributed by atoms with Gasteiger partial charge >= 0.3 is 0 Å². The molecule has 1 saturated heterocycles. The van der Waals surface area contributed by atoms with Crippen LogP contribution in [0.15, 0.2) is 17.5 Å². The molecule has 0 aliphatic carbocycles. The van der Waals surface area contributed by atoms with Crippen molar-refractivity contribution in [2.45, 2.75) is 38.6 Å². The van der Waals surface area contributed by atoms with E-state index in [9.17, 15) is 0 Å². The van der Waals surface area contributed by atoms with Gasteiger partial charge in [0.25, 0.3) is 0 Å². The third-order valence-corrected chi connectivity index (χ3v) is 4.97. The molecule has 2 N–H and O–H groups in total. The molecule has 2 atom stereocenters. The Bertz CT molecular complexity index is 310. The van der Waals surface area contributed by atoms with Crippen molar-refractivity contribution in [1.29, 1.82) is 0 Å². The predicted molar refractivity (Wildman–Crippen MR) is 75.3 cm³/mol. The molecule has 0 bridgehead atoms. The molecule has 0 saturated carbocycles. The van der Waals surface area contributed by atoms with Gasteiger partial charge < -0.3 is 5.73 Å². The zero-order chi connectivity index (χ0) is 12.1. The van der Waals surface area contributed by atoms with Crippen LogP contribution in [0.1, 0.15) is 43.5 Å². The first-order valence-corrected chi connectivity index (χ1v) is 7.70. The molecule has 0 aromatic carbocycles. The summed E-state index contributed by atoms with van der Waals surface area (Å²) in [5.41, 5.74) is 5.98. The standard InChI is InChI=1S/C14H24N2S/c1-2-12-5-3-8-16(9-7-12)13(11-15)14-6-4-10-17-14/h4,6,10,12-13H,2-3,5,7-9,11,15H2,1H3. The summed E-state index contributed by atoms with van der Waals surface area (Å²) in [4.78, 5) is 4.03. The van der Waals surface area contributed by atoms with E-state index < -0.39 is 0 Å². The van der Waals surface area contributed by atoms with Crippen LogP contribution in [0.3, 0.4) is 0 Å². The summed E-state index contributed by atoms with van der Waals surface area (Å²) in [6.07, 6.45) is 5.41. The summed E-state index contributed by atoms with van der Waals surface area (Å²) in [5.74, 6) is 0.932. The van der Waals surface area contributed by atoms with Crippen molar-refractivity contribution in [3.05, 3.63) is 22.4 Å². The Morgan fingerprint density at radius 3 is 3.00 bits per heavy atom. The van der Waals surface area contributed by atoms with E-state index in [1.165, 1.54) is 43.6 Å². The smallest absolute Gasteiger partial charge is 0.0564 e. The summed E-state index contributed by atoms with van der Waals surface area (Å²) in [7, 11) is 0. The molecule has 2 heterocycles. The van der Waals surface area contributed by atoms with E-state index in [1.807, 2.05) is 11.3 Å². The molecule has 1 aliphatic heterocycles. The Morgan fingerprint density at radius 1 is 1.47 bits per heavy atom. The molecular weight excluding hydrogens is 228 g/mol. The fourth-order valence-corrected chi connectivity index (χ4v) is 3.71. The van der Waals surface area contributed by atoms with E-state index in [-0.39, 0.29) is 0 Å². The van der Waals surface area contributed by atoms with E-state index >= 15 is 0 Å². The average molecular weight is 252 g/mol. The van der Waals surface area contributed by atoms with E-state index in [0.29, 0.717) is 6.04 Å². The van der Waals surface area contributed by atoms with Crippen LogP contribution in [-0.4, -0.2) is 24.5 Å². The molecule has 1 aromatic rings. The minimum atomic E-state index is 0.450. The van der Waals surface area contributed by atoms with Crippen molar-refractivity contribution in [2.24, 2.45) is 11.7 Å². The second-order valence-corrected chi connectivity index (χ2v) is 5.99. The molecule has 0 amide bonds. The average Bonchev–Trinajstić information content (AvgIpc) is 2.76. The fourth-order valence-electron chi connectivity index (χ4n) is 2.83. The molecule has 0 spiro atoms. The third-order valence-electron chi connectivity index (χ3n) is 4.00. The Labute approximate surface area is 109 Å². The SMILES string of the molecule is CCC1CCCN(C(CN)c2cccs2)CC1. The summed E-state index contributed by atoms with van der Waals surface area (Å²) < 4.78 is 0. The maximum atomic E-state index is 5.98. The van der Waals surface area contributed by atoms with Crippen LogP contribution in [0.5, 0.6) is 0 Å². The maximum Gasteiger partial charge on any atom is 0.0564 e. The molecule has 2 unspecified atom stereocenters. The summed E-state index contributed by atoms with van der Waals surface area (Å²) >= 11 is 1.84. The molecule has 17 heavy (non-hydrogen) atoms. The van der Waals surface area contributed by atoms with Gasteiger partial charge in [0.2, 0.25) is 0 Å². The van der Waals surface area contributed by atoms with Crippen LogP contribution in [0.4, 0.5) is 0 Å². The fraction of sp³-hybridized carbons (Fsp3) is 0.714. The highest BCUT2D eigenvalue weighted by atomic mass is 32.1. The lowest BCUT2D eigenvalue weighted by atomic mass is 9.98. The van der Waals surface area contributed by atoms with Crippen LogP contribution in [0, 0.1) is 5.92 Å². The highest BCUT2D eigenvalue weighted by molar-refractivity contribution is 7.10. The normalized spacial score (nSPS) is 24.5. The van der Waals surface area contributed by atoms with Gasteiger partial charge in [-0.15, -0.1) is 11.3 Å². The first kappa shape index (κ1) is 13.1. The number of hydrogen-bond donors (Lipinski definition) is 1. The first-order chi connectivity index (χ1) is 8.35. The number of thiophene rings is 1. The van der Waals surface area contributed by atoms with E-state index in [2.05, 4.69) is 29.3 Å². The van der Waals surface area contributed by atoms with Gasteiger partial charge in [-0.2, -0.15) is 0 Å². The van der Waals surface area contributed by atoms with Gasteiger partial charge in [0.15, 0.2) is 0 Å². The lowest BCUT2D eigenvalue weighted by Gasteiger charge is -2.29. The summed E-state index contributed by atoms with van der Waals surface area (Å²) in [5, 5.41) is 2.16. The van der Waals surface area contributed by atoms with Crippen LogP contribution in [0.25, 0.3) is 0 Å². The summed E-state index contributed by atoms with van der Waals surface area (Å²) in [6, 6.07) is 4.81. The molecule has 96 valence electrons. The van der Waals surface area contributed by atoms with E-state index in [0.717, 1.165) is 12.5 Å². The largest absolute Gasteiger partial charge is 0.329 e. The minimum Gasteiger partial charge on any atom is -0.329 e. The zero-order valence-corrected chi connectivity index (χ0v) is 11.6. The Morgan fingerprint density at radius 2 is 2.35 bits per heavy atom. The van der Waals surface area contributed by atoms with Gasteiger partial charge in [-0.1, -0.05) is 19.4 Å². The van der Waals surface area contributed by atoms with E-state index in [4.69, 9.17) is 5.73 Å². The molecule has 0 radical (unpaired) electrons. The van der Waals surface area contributed by atoms with Gasteiger partial charge in [0.1, 0.15) is 0 Å². The highest BCUT2D eigenvalue weighted by Crippen LogP contribution is 2.28. The van der Waals surface area contributed by atoms with Gasteiger partial charge in [-0.05, 0) is 49.7 Å². The topological polar surface area (TPSA) is 29.3 Å². The lowest BCUT2D eigenvalue weighted by molar-refractivity contribution is 0.209. The number of nitrogens with zero attached hydrogens (tertiary/aromatic N) is 1. The molecule has 2 rings (SSSR count). The Balaban J connectivity index is 2.00. The van der Waals surface area contributed by atoms with Gasteiger partial charge in [0.05, 0.1) is 6.04 Å². The zero-order valence-electron chi connectivity index (χ0n) is 10.8. The van der Waals surface area contributed by atoms with Gasteiger partial charge in [-0.3, -0.25) is 4.90 Å². The van der Waals surface area contributed by atoms with Gasteiger partial charge in [-0.25, -0.2) is 0 Å². The Hall–Kier alpha value is -0.380. The van der Waals surface area contributed by atoms with Crippen LogP contribution >= 0.6 is 11.3 Å². The van der Waals surface area contributed by atoms with Crippen molar-refractivity contribution in [3.8, 4) is 0 Å². The summed E-state index contributed by atoms with van der Waals surface area (Å²) in [6.45, 7) is 5.51. The van der Waals surface area contributed by atoms with Crippen molar-refractivity contribution in [3.63, 3.8) is 0 Å². The van der Waals surface area contributed by atoms with Crippen LogP contribution in [-0.2, 0) is 0 Å². The molecular formula is C14H24N2S. The molecule has 1 aromatic heterocycles. The quantitative estimate of drug-likeness (QED) is 0.891. The van der Waals surface area contributed by atoms with Crippen molar-refractivity contribution >= 4 is 11.3 Å². The number of rotatable bonds is 4. The van der Waals surface area contributed by atoms with Crippen LogP contribution < -0.4 is 5.73 Å². The predicted octanol–water partition coefficient (Wildman–Crippen LogP) is 3.26. The molecule has 2 nitrogen and oxygen atoms in total. The van der Waals surface area contributed by atoms with Crippen LogP contribution in [0.2, 0.25) is 0 Å². The highest BCUT2D eigenvalue weighted by Gasteiger charge is 2.23. The number of likely N-dealkylation sites (tertiary alicyclic amines) is 1. The first-order valence-electron chi connectivity index (χ1n) is 6.82. The van der Waals surface area contributed by atoms with Gasteiger partial charge in [0, 0.05) is 11.4 Å². The Kier molecular flexibility index (Phi) is 5.01. The van der Waals surface area contributed by atoms with Crippen molar-refractivity contribution in [2.75, 3.05) is 19.6 Å². The van der Waals surface area contributed by atoms with E-state index in [1.54, 1.807) is 0 Å². The lowest BCUT2D eigenvalue weighted by Crippen LogP contribution is -2.34. The number of nitrogens with two attached hydrogens (primary N) is 1. The molecule has 1 fully saturated rings. The maximum absolute atomic E-state index is 5.98. The van der Waals surface area contributed by atoms with Crippen molar-refractivity contribution in [1.82, 2.24) is 4.90 Å². The second-order valence-electron chi connectivity index (χ2n) is 5.01. The van der Waals surface area contributed by atoms with Crippen molar-refractivity contribution < 1.29 is 0 Å². The second kappa shape index (κ2) is 6.53. The number of hydrogen-bond acceptors (Lipinski definition) is 3. The minimum absolute atomic E-state index is 0.450. The molecule has 3 heteroatoms. The third kappa shape index (κ3) is 3.30. The molecule has 1 aliphatic rings.